The second-order valence-corrected chi connectivity index (χ2v) is 7.18. The van der Waals surface area contributed by atoms with Gasteiger partial charge in [0.05, 0.1) is 5.92 Å². The van der Waals surface area contributed by atoms with E-state index in [0.29, 0.717) is 19.4 Å². The Morgan fingerprint density at radius 1 is 1.33 bits per heavy atom. The van der Waals surface area contributed by atoms with Crippen molar-refractivity contribution in [3.8, 4) is 0 Å². The molecule has 1 amide bonds. The molecule has 1 fully saturated rings. The molecule has 1 aromatic rings. The van der Waals surface area contributed by atoms with Crippen LogP contribution in [0.5, 0.6) is 0 Å². The SMILES string of the molecule is Cc1ccc(C=CS(=O)(=O)N2CCCC(C(N)=O)C2)cc1. The number of amides is 1. The molecule has 21 heavy (non-hydrogen) atoms. The molecule has 6 heteroatoms. The lowest BCUT2D eigenvalue weighted by atomic mass is 9.99. The maximum absolute atomic E-state index is 12.3. The molecule has 2 rings (SSSR count). The Morgan fingerprint density at radius 3 is 2.62 bits per heavy atom. The molecule has 5 nitrogen and oxygen atoms in total. The number of piperidine rings is 1. The number of hydrogen-bond acceptors (Lipinski definition) is 3. The van der Waals surface area contributed by atoms with Crippen LogP contribution in [0, 0.1) is 12.8 Å². The minimum absolute atomic E-state index is 0.176. The van der Waals surface area contributed by atoms with Crippen LogP contribution >= 0.6 is 0 Å². The number of nitrogens with zero attached hydrogens (tertiary/aromatic N) is 1. The van der Waals surface area contributed by atoms with Crippen LogP contribution in [-0.4, -0.2) is 31.7 Å². The van der Waals surface area contributed by atoms with E-state index in [1.807, 2.05) is 31.2 Å². The van der Waals surface area contributed by atoms with Crippen molar-refractivity contribution in [2.45, 2.75) is 19.8 Å². The lowest BCUT2D eigenvalue weighted by molar-refractivity contribution is -0.122. The average molecular weight is 308 g/mol. The monoisotopic (exact) mass is 308 g/mol. The van der Waals surface area contributed by atoms with Gasteiger partial charge >= 0.3 is 0 Å². The molecule has 0 bridgehead atoms. The maximum atomic E-state index is 12.3. The van der Waals surface area contributed by atoms with Crippen molar-refractivity contribution in [3.05, 3.63) is 40.8 Å². The highest BCUT2D eigenvalue weighted by Crippen LogP contribution is 2.20. The van der Waals surface area contributed by atoms with Gasteiger partial charge in [0.2, 0.25) is 15.9 Å². The zero-order valence-corrected chi connectivity index (χ0v) is 12.8. The minimum atomic E-state index is -3.51. The van der Waals surface area contributed by atoms with Crippen molar-refractivity contribution in [2.75, 3.05) is 13.1 Å². The van der Waals surface area contributed by atoms with Crippen molar-refractivity contribution in [1.29, 1.82) is 0 Å². The zero-order chi connectivity index (χ0) is 15.5. The number of carbonyl (C=O) groups excluding carboxylic acids is 1. The van der Waals surface area contributed by atoms with Gasteiger partial charge in [0.15, 0.2) is 0 Å². The van der Waals surface area contributed by atoms with E-state index >= 15 is 0 Å². The predicted octanol–water partition coefficient (Wildman–Crippen LogP) is 1.49. The van der Waals surface area contributed by atoms with Gasteiger partial charge in [-0.3, -0.25) is 4.79 Å². The van der Waals surface area contributed by atoms with Gasteiger partial charge in [-0.25, -0.2) is 8.42 Å². The van der Waals surface area contributed by atoms with Crippen LogP contribution in [0.4, 0.5) is 0 Å². The molecule has 1 saturated heterocycles. The number of carbonyl (C=O) groups is 1. The predicted molar refractivity (Wildman–Crippen MR) is 82.6 cm³/mol. The molecule has 0 aromatic heterocycles. The van der Waals surface area contributed by atoms with Gasteiger partial charge in [-0.05, 0) is 31.4 Å². The van der Waals surface area contributed by atoms with Gasteiger partial charge in [0, 0.05) is 18.5 Å². The third kappa shape index (κ3) is 4.15. The Morgan fingerprint density at radius 2 is 2.00 bits per heavy atom. The number of sulfonamides is 1. The Kier molecular flexibility index (Phi) is 4.80. The van der Waals surface area contributed by atoms with Gasteiger partial charge in [0.25, 0.3) is 0 Å². The molecule has 1 aliphatic heterocycles. The van der Waals surface area contributed by atoms with E-state index in [9.17, 15) is 13.2 Å². The van der Waals surface area contributed by atoms with E-state index in [0.717, 1.165) is 11.1 Å². The molecule has 0 aliphatic carbocycles. The van der Waals surface area contributed by atoms with Gasteiger partial charge < -0.3 is 5.73 Å². The van der Waals surface area contributed by atoms with Crippen LogP contribution in [0.3, 0.4) is 0 Å². The molecular weight excluding hydrogens is 288 g/mol. The molecule has 2 N–H and O–H groups in total. The minimum Gasteiger partial charge on any atom is -0.369 e. The van der Waals surface area contributed by atoms with E-state index in [1.54, 1.807) is 6.08 Å². The highest BCUT2D eigenvalue weighted by molar-refractivity contribution is 7.92. The van der Waals surface area contributed by atoms with E-state index in [2.05, 4.69) is 0 Å². The molecule has 0 saturated carbocycles. The second-order valence-electron chi connectivity index (χ2n) is 5.36. The summed E-state index contributed by atoms with van der Waals surface area (Å²) in [7, 11) is -3.51. The molecule has 1 atom stereocenters. The molecule has 0 radical (unpaired) electrons. The molecule has 114 valence electrons. The molecule has 1 aliphatic rings. The Bertz CT molecular complexity index is 635. The summed E-state index contributed by atoms with van der Waals surface area (Å²) in [5.41, 5.74) is 7.22. The number of benzene rings is 1. The summed E-state index contributed by atoms with van der Waals surface area (Å²) in [5, 5.41) is 1.20. The smallest absolute Gasteiger partial charge is 0.236 e. The third-order valence-corrected chi connectivity index (χ3v) is 5.19. The number of hydrogen-bond donors (Lipinski definition) is 1. The Balaban J connectivity index is 2.10. The van der Waals surface area contributed by atoms with Crippen LogP contribution < -0.4 is 5.73 Å². The first-order valence-electron chi connectivity index (χ1n) is 6.93. The summed E-state index contributed by atoms with van der Waals surface area (Å²) in [6.45, 7) is 2.59. The summed E-state index contributed by atoms with van der Waals surface area (Å²) >= 11 is 0. The average Bonchev–Trinajstić information content (AvgIpc) is 2.47. The summed E-state index contributed by atoms with van der Waals surface area (Å²) in [6.07, 6.45) is 2.89. The first-order valence-corrected chi connectivity index (χ1v) is 8.43. The summed E-state index contributed by atoms with van der Waals surface area (Å²) in [4.78, 5) is 11.2. The fraction of sp³-hybridized carbons (Fsp3) is 0.400. The van der Waals surface area contributed by atoms with Crippen LogP contribution in [0.15, 0.2) is 29.7 Å². The molecule has 0 spiro atoms. The fourth-order valence-electron chi connectivity index (χ4n) is 2.33. The lowest BCUT2D eigenvalue weighted by Crippen LogP contribution is -2.43. The second kappa shape index (κ2) is 6.41. The highest BCUT2D eigenvalue weighted by atomic mass is 32.2. The van der Waals surface area contributed by atoms with Gasteiger partial charge in [-0.1, -0.05) is 29.8 Å². The highest BCUT2D eigenvalue weighted by Gasteiger charge is 2.29. The van der Waals surface area contributed by atoms with Gasteiger partial charge in [0.1, 0.15) is 0 Å². The first kappa shape index (κ1) is 15.7. The van der Waals surface area contributed by atoms with Crippen LogP contribution in [0.25, 0.3) is 6.08 Å². The lowest BCUT2D eigenvalue weighted by Gasteiger charge is -2.29. The summed E-state index contributed by atoms with van der Waals surface area (Å²) in [6, 6.07) is 7.58. The number of rotatable bonds is 4. The zero-order valence-electron chi connectivity index (χ0n) is 12.0. The fourth-order valence-corrected chi connectivity index (χ4v) is 3.61. The standard InChI is InChI=1S/C15H20N2O3S/c1-12-4-6-13(7-5-12)8-10-21(19,20)17-9-2-3-14(11-17)15(16)18/h4-8,10,14H,2-3,9,11H2,1H3,(H2,16,18). The Hall–Kier alpha value is -1.66. The van der Waals surface area contributed by atoms with Crippen LogP contribution in [0.2, 0.25) is 0 Å². The van der Waals surface area contributed by atoms with E-state index in [-0.39, 0.29) is 12.5 Å². The summed E-state index contributed by atoms with van der Waals surface area (Å²) < 4.78 is 25.9. The van der Waals surface area contributed by atoms with E-state index in [4.69, 9.17) is 5.73 Å². The molecular formula is C15H20N2O3S. The third-order valence-electron chi connectivity index (χ3n) is 3.66. The van der Waals surface area contributed by atoms with Crippen molar-refractivity contribution < 1.29 is 13.2 Å². The topological polar surface area (TPSA) is 80.5 Å². The summed E-state index contributed by atoms with van der Waals surface area (Å²) in [5.74, 6) is -0.821. The quantitative estimate of drug-likeness (QED) is 0.915. The normalized spacial score (nSPS) is 20.7. The van der Waals surface area contributed by atoms with Gasteiger partial charge in [-0.15, -0.1) is 0 Å². The first-order chi connectivity index (χ1) is 9.88. The number of nitrogens with two attached hydrogens (primary N) is 1. The molecule has 1 heterocycles. The molecule has 1 unspecified atom stereocenters. The van der Waals surface area contributed by atoms with Crippen LogP contribution in [0.1, 0.15) is 24.0 Å². The van der Waals surface area contributed by atoms with E-state index in [1.165, 1.54) is 9.71 Å². The number of aryl methyl sites for hydroxylation is 1. The van der Waals surface area contributed by atoms with E-state index < -0.39 is 15.9 Å². The van der Waals surface area contributed by atoms with Gasteiger partial charge in [-0.2, -0.15) is 4.31 Å². The van der Waals surface area contributed by atoms with Crippen molar-refractivity contribution in [2.24, 2.45) is 11.7 Å². The Labute approximate surface area is 125 Å². The molecule has 1 aromatic carbocycles. The van der Waals surface area contributed by atoms with Crippen molar-refractivity contribution in [1.82, 2.24) is 4.31 Å². The largest absolute Gasteiger partial charge is 0.369 e. The van der Waals surface area contributed by atoms with Crippen LogP contribution in [-0.2, 0) is 14.8 Å². The number of primary amides is 1. The maximum Gasteiger partial charge on any atom is 0.236 e. The van der Waals surface area contributed by atoms with Crippen molar-refractivity contribution in [3.63, 3.8) is 0 Å². The van der Waals surface area contributed by atoms with Crippen molar-refractivity contribution >= 4 is 22.0 Å².